The molecule has 0 bridgehead atoms. The lowest BCUT2D eigenvalue weighted by Crippen LogP contribution is -2.29. The fourth-order valence-corrected chi connectivity index (χ4v) is 2.13. The molecule has 1 atom stereocenters. The highest BCUT2D eigenvalue weighted by Gasteiger charge is 2.16. The molecule has 140 valence electrons. The number of carbonyl (C=O) groups is 2. The summed E-state index contributed by atoms with van der Waals surface area (Å²) in [6, 6.07) is 16.9. The van der Waals surface area contributed by atoms with Crippen LogP contribution in [-0.2, 0) is 20.9 Å². The predicted octanol–water partition coefficient (Wildman–Crippen LogP) is 4.27. The van der Waals surface area contributed by atoms with Gasteiger partial charge in [-0.05, 0) is 43.7 Å². The molecule has 2 aromatic carbocycles. The molecule has 5 heteroatoms. The average Bonchev–Trinajstić information content (AvgIpc) is 2.68. The Bertz CT molecular complexity index is 795. The second kappa shape index (κ2) is 10.6. The maximum atomic E-state index is 12.1. The molecule has 0 aliphatic carbocycles. The normalized spacial score (nSPS) is 12.1. The van der Waals surface area contributed by atoms with Crippen LogP contribution in [0.4, 0.5) is 5.69 Å². The standard InChI is InChI=1S/C22H23NO4/c1-3-4-6-11-21(24)27-17(2)22(25)23-19-12-14-20(15-13-19)26-16-18-9-7-5-8-10-18/h3-15,17H,16H2,1-2H3,(H,23,25)/b4-3+,11-6+/t17-/m1/s1. The van der Waals surface area contributed by atoms with Gasteiger partial charge in [0.15, 0.2) is 6.10 Å². The van der Waals surface area contributed by atoms with E-state index in [1.165, 1.54) is 13.0 Å². The minimum Gasteiger partial charge on any atom is -0.489 e. The molecular weight excluding hydrogens is 342 g/mol. The highest BCUT2D eigenvalue weighted by atomic mass is 16.5. The highest BCUT2D eigenvalue weighted by molar-refractivity contribution is 5.96. The number of carbonyl (C=O) groups excluding carboxylic acids is 2. The summed E-state index contributed by atoms with van der Waals surface area (Å²) in [6.07, 6.45) is 5.41. The van der Waals surface area contributed by atoms with Crippen molar-refractivity contribution in [1.29, 1.82) is 0 Å². The van der Waals surface area contributed by atoms with Crippen molar-refractivity contribution in [1.82, 2.24) is 0 Å². The van der Waals surface area contributed by atoms with E-state index in [0.717, 1.165) is 5.56 Å². The van der Waals surface area contributed by atoms with Crippen LogP contribution in [0.2, 0.25) is 0 Å². The van der Waals surface area contributed by atoms with E-state index in [2.05, 4.69) is 5.32 Å². The smallest absolute Gasteiger partial charge is 0.331 e. The summed E-state index contributed by atoms with van der Waals surface area (Å²) in [5, 5.41) is 2.71. The van der Waals surface area contributed by atoms with Crippen LogP contribution in [0.3, 0.4) is 0 Å². The van der Waals surface area contributed by atoms with Crippen LogP contribution in [0.5, 0.6) is 5.75 Å². The van der Waals surface area contributed by atoms with E-state index in [-0.39, 0.29) is 0 Å². The van der Waals surface area contributed by atoms with Gasteiger partial charge >= 0.3 is 5.97 Å². The van der Waals surface area contributed by atoms with Gasteiger partial charge in [-0.3, -0.25) is 4.79 Å². The monoisotopic (exact) mass is 365 g/mol. The lowest BCUT2D eigenvalue weighted by atomic mass is 10.2. The molecule has 27 heavy (non-hydrogen) atoms. The minimum absolute atomic E-state index is 0.402. The zero-order chi connectivity index (χ0) is 19.5. The third-order valence-corrected chi connectivity index (χ3v) is 3.57. The summed E-state index contributed by atoms with van der Waals surface area (Å²) < 4.78 is 10.7. The molecular formula is C22H23NO4. The number of hydrogen-bond donors (Lipinski definition) is 1. The van der Waals surface area contributed by atoms with Crippen molar-refractivity contribution < 1.29 is 19.1 Å². The Balaban J connectivity index is 1.82. The molecule has 0 saturated carbocycles. The van der Waals surface area contributed by atoms with Gasteiger partial charge in [0.05, 0.1) is 0 Å². The molecule has 0 radical (unpaired) electrons. The molecule has 2 rings (SSSR count). The molecule has 0 aliphatic rings. The SMILES string of the molecule is C/C=C/C=C/C(=O)O[C@H](C)C(=O)Nc1ccc(OCc2ccccc2)cc1. The van der Waals surface area contributed by atoms with E-state index < -0.39 is 18.0 Å². The van der Waals surface area contributed by atoms with Gasteiger partial charge in [0.25, 0.3) is 5.91 Å². The molecule has 1 N–H and O–H groups in total. The van der Waals surface area contributed by atoms with E-state index in [0.29, 0.717) is 18.0 Å². The molecule has 0 aliphatic heterocycles. The van der Waals surface area contributed by atoms with Crippen molar-refractivity contribution in [3.05, 3.63) is 84.5 Å². The van der Waals surface area contributed by atoms with E-state index in [9.17, 15) is 9.59 Å². The Kier molecular flexibility index (Phi) is 7.85. The number of rotatable bonds is 8. The van der Waals surface area contributed by atoms with E-state index in [1.807, 2.05) is 37.3 Å². The van der Waals surface area contributed by atoms with Crippen LogP contribution in [-0.4, -0.2) is 18.0 Å². The third kappa shape index (κ3) is 7.20. The number of nitrogens with one attached hydrogen (secondary N) is 1. The van der Waals surface area contributed by atoms with Crippen molar-refractivity contribution >= 4 is 17.6 Å². The van der Waals surface area contributed by atoms with Gasteiger partial charge in [0.2, 0.25) is 0 Å². The second-order valence-corrected chi connectivity index (χ2v) is 5.75. The number of allylic oxidation sites excluding steroid dienone is 3. The Morgan fingerprint density at radius 2 is 1.74 bits per heavy atom. The highest BCUT2D eigenvalue weighted by Crippen LogP contribution is 2.17. The third-order valence-electron chi connectivity index (χ3n) is 3.57. The van der Waals surface area contributed by atoms with Gasteiger partial charge in [-0.1, -0.05) is 48.6 Å². The average molecular weight is 365 g/mol. The van der Waals surface area contributed by atoms with Crippen LogP contribution in [0, 0.1) is 0 Å². The number of benzene rings is 2. The van der Waals surface area contributed by atoms with E-state index in [1.54, 1.807) is 42.5 Å². The second-order valence-electron chi connectivity index (χ2n) is 5.75. The van der Waals surface area contributed by atoms with Crippen molar-refractivity contribution in [3.8, 4) is 5.75 Å². The Hall–Kier alpha value is -3.34. The molecule has 0 heterocycles. The van der Waals surface area contributed by atoms with Crippen molar-refractivity contribution in [2.24, 2.45) is 0 Å². The van der Waals surface area contributed by atoms with Crippen LogP contribution >= 0.6 is 0 Å². The summed E-state index contributed by atoms with van der Waals surface area (Å²) >= 11 is 0. The molecule has 0 unspecified atom stereocenters. The summed E-state index contributed by atoms with van der Waals surface area (Å²) in [4.78, 5) is 23.7. The first-order chi connectivity index (χ1) is 13.1. The molecule has 0 saturated heterocycles. The fourth-order valence-electron chi connectivity index (χ4n) is 2.13. The Morgan fingerprint density at radius 1 is 1.04 bits per heavy atom. The van der Waals surface area contributed by atoms with Crippen LogP contribution in [0.15, 0.2) is 78.9 Å². The number of ether oxygens (including phenoxy) is 2. The van der Waals surface area contributed by atoms with Crippen molar-refractivity contribution in [2.45, 2.75) is 26.6 Å². The Morgan fingerprint density at radius 3 is 2.41 bits per heavy atom. The van der Waals surface area contributed by atoms with Crippen molar-refractivity contribution in [2.75, 3.05) is 5.32 Å². The number of hydrogen-bond acceptors (Lipinski definition) is 4. The molecule has 0 aromatic heterocycles. The molecule has 2 aromatic rings. The molecule has 5 nitrogen and oxygen atoms in total. The van der Waals surface area contributed by atoms with Gasteiger partial charge in [-0.25, -0.2) is 4.79 Å². The van der Waals surface area contributed by atoms with Gasteiger partial charge in [-0.15, -0.1) is 0 Å². The Labute approximate surface area is 159 Å². The molecule has 0 fully saturated rings. The largest absolute Gasteiger partial charge is 0.489 e. The summed E-state index contributed by atoms with van der Waals surface area (Å²) in [5.41, 5.74) is 1.67. The van der Waals surface area contributed by atoms with Gasteiger partial charge in [0, 0.05) is 11.8 Å². The van der Waals surface area contributed by atoms with Crippen LogP contribution in [0.1, 0.15) is 19.4 Å². The zero-order valence-corrected chi connectivity index (χ0v) is 15.4. The molecule has 1 amide bonds. The fraction of sp³-hybridized carbons (Fsp3) is 0.182. The first-order valence-electron chi connectivity index (χ1n) is 8.66. The maximum Gasteiger partial charge on any atom is 0.331 e. The quantitative estimate of drug-likeness (QED) is 0.431. The summed E-state index contributed by atoms with van der Waals surface area (Å²) in [5.74, 6) is -0.272. The number of anilines is 1. The van der Waals surface area contributed by atoms with E-state index >= 15 is 0 Å². The first kappa shape index (κ1) is 20.0. The number of esters is 1. The lowest BCUT2D eigenvalue weighted by molar-refractivity contribution is -0.148. The minimum atomic E-state index is -0.901. The van der Waals surface area contributed by atoms with Gasteiger partial charge in [0.1, 0.15) is 12.4 Å². The number of amides is 1. The van der Waals surface area contributed by atoms with Crippen LogP contribution in [0.25, 0.3) is 0 Å². The lowest BCUT2D eigenvalue weighted by Gasteiger charge is -2.13. The van der Waals surface area contributed by atoms with E-state index in [4.69, 9.17) is 9.47 Å². The topological polar surface area (TPSA) is 64.6 Å². The predicted molar refractivity (Wildman–Crippen MR) is 105 cm³/mol. The summed E-state index contributed by atoms with van der Waals surface area (Å²) in [7, 11) is 0. The first-order valence-corrected chi connectivity index (χ1v) is 8.66. The van der Waals surface area contributed by atoms with Gasteiger partial charge < -0.3 is 14.8 Å². The zero-order valence-electron chi connectivity index (χ0n) is 15.4. The van der Waals surface area contributed by atoms with Crippen molar-refractivity contribution in [3.63, 3.8) is 0 Å². The van der Waals surface area contributed by atoms with Gasteiger partial charge in [-0.2, -0.15) is 0 Å². The summed E-state index contributed by atoms with van der Waals surface area (Å²) in [6.45, 7) is 3.83. The van der Waals surface area contributed by atoms with Crippen LogP contribution < -0.4 is 10.1 Å². The molecule has 0 spiro atoms. The maximum absolute atomic E-state index is 12.1.